The zero-order chi connectivity index (χ0) is 8.15. The van der Waals surface area contributed by atoms with E-state index in [9.17, 15) is 4.79 Å². The van der Waals surface area contributed by atoms with Gasteiger partial charge in [0.05, 0.1) is 5.92 Å². The van der Waals surface area contributed by atoms with Crippen LogP contribution in [0.3, 0.4) is 0 Å². The van der Waals surface area contributed by atoms with Crippen LogP contribution in [-0.2, 0) is 4.79 Å². The molecule has 0 heterocycles. The average molecular weight is 142 g/mol. The fourth-order valence-corrected chi connectivity index (χ4v) is 0.695. The summed E-state index contributed by atoms with van der Waals surface area (Å²) < 4.78 is 0. The van der Waals surface area contributed by atoms with Gasteiger partial charge in [0.1, 0.15) is 0 Å². The fraction of sp³-hybridized carbons (Fsp3) is 0.625. The third kappa shape index (κ3) is 2.67. The van der Waals surface area contributed by atoms with Gasteiger partial charge in [0.2, 0.25) is 0 Å². The molecule has 0 saturated carbocycles. The Morgan fingerprint density at radius 2 is 2.00 bits per heavy atom. The van der Waals surface area contributed by atoms with Gasteiger partial charge in [0, 0.05) is 0 Å². The first kappa shape index (κ1) is 9.21. The van der Waals surface area contributed by atoms with Crippen molar-refractivity contribution in [2.45, 2.75) is 20.8 Å². The Bertz CT molecular complexity index is 138. The highest BCUT2D eigenvalue weighted by Crippen LogP contribution is 2.11. The van der Waals surface area contributed by atoms with Gasteiger partial charge in [0.25, 0.3) is 0 Å². The number of carboxylic acid groups (broad SMARTS) is 1. The molecule has 0 aromatic heterocycles. The summed E-state index contributed by atoms with van der Waals surface area (Å²) in [6.07, 6.45) is 3.78. The Balaban J connectivity index is 3.93. The second-order valence-corrected chi connectivity index (χ2v) is 2.51. The first-order chi connectivity index (χ1) is 4.59. The molecule has 0 rings (SSSR count). The minimum Gasteiger partial charge on any atom is -0.481 e. The van der Waals surface area contributed by atoms with Crippen LogP contribution in [0, 0.1) is 11.8 Å². The molecule has 0 saturated heterocycles. The van der Waals surface area contributed by atoms with Crippen LogP contribution in [0.1, 0.15) is 20.8 Å². The van der Waals surface area contributed by atoms with Gasteiger partial charge in [-0.15, -0.1) is 0 Å². The molecule has 0 radical (unpaired) electrons. The van der Waals surface area contributed by atoms with E-state index >= 15 is 0 Å². The number of aliphatic carboxylic acids is 1. The minimum atomic E-state index is -0.731. The van der Waals surface area contributed by atoms with Crippen molar-refractivity contribution >= 4 is 5.97 Å². The molecule has 2 atom stereocenters. The molecule has 0 aromatic carbocycles. The van der Waals surface area contributed by atoms with Crippen molar-refractivity contribution in [1.82, 2.24) is 0 Å². The Hall–Kier alpha value is -0.790. The zero-order valence-electron chi connectivity index (χ0n) is 6.66. The monoisotopic (exact) mass is 142 g/mol. The molecule has 0 aromatic rings. The van der Waals surface area contributed by atoms with Crippen LogP contribution in [0.2, 0.25) is 0 Å². The number of carbonyl (C=O) groups is 1. The molecule has 0 aliphatic carbocycles. The van der Waals surface area contributed by atoms with E-state index in [2.05, 4.69) is 0 Å². The number of rotatable bonds is 3. The Kier molecular flexibility index (Phi) is 3.77. The summed E-state index contributed by atoms with van der Waals surface area (Å²) in [5.41, 5.74) is 0. The van der Waals surface area contributed by atoms with Gasteiger partial charge in [-0.3, -0.25) is 4.79 Å². The van der Waals surface area contributed by atoms with Crippen molar-refractivity contribution in [3.05, 3.63) is 12.2 Å². The van der Waals surface area contributed by atoms with Crippen LogP contribution in [0.15, 0.2) is 12.2 Å². The van der Waals surface area contributed by atoms with Crippen LogP contribution in [0.25, 0.3) is 0 Å². The van der Waals surface area contributed by atoms with E-state index in [1.807, 2.05) is 26.0 Å². The summed E-state index contributed by atoms with van der Waals surface area (Å²) in [5, 5.41) is 8.55. The summed E-state index contributed by atoms with van der Waals surface area (Å²) in [6.45, 7) is 5.51. The lowest BCUT2D eigenvalue weighted by atomic mass is 9.96. The van der Waals surface area contributed by atoms with Gasteiger partial charge < -0.3 is 5.11 Å². The minimum absolute atomic E-state index is 0.127. The maximum atomic E-state index is 10.4. The summed E-state index contributed by atoms with van der Waals surface area (Å²) in [4.78, 5) is 10.4. The largest absolute Gasteiger partial charge is 0.481 e. The Morgan fingerprint density at radius 1 is 1.50 bits per heavy atom. The number of hydrogen-bond acceptors (Lipinski definition) is 1. The smallest absolute Gasteiger partial charge is 0.306 e. The van der Waals surface area contributed by atoms with Crippen LogP contribution in [-0.4, -0.2) is 11.1 Å². The predicted octanol–water partition coefficient (Wildman–Crippen LogP) is 1.92. The maximum absolute atomic E-state index is 10.4. The van der Waals surface area contributed by atoms with Crippen molar-refractivity contribution < 1.29 is 9.90 Å². The van der Waals surface area contributed by atoms with Crippen molar-refractivity contribution in [3.8, 4) is 0 Å². The zero-order valence-corrected chi connectivity index (χ0v) is 6.66. The van der Waals surface area contributed by atoms with E-state index in [1.165, 1.54) is 0 Å². The van der Waals surface area contributed by atoms with Gasteiger partial charge >= 0.3 is 5.97 Å². The van der Waals surface area contributed by atoms with E-state index in [0.29, 0.717) is 0 Å². The predicted molar refractivity (Wildman–Crippen MR) is 40.8 cm³/mol. The molecular formula is C8H14O2. The molecule has 10 heavy (non-hydrogen) atoms. The van der Waals surface area contributed by atoms with Crippen molar-refractivity contribution in [1.29, 1.82) is 0 Å². The maximum Gasteiger partial charge on any atom is 0.306 e. The second-order valence-electron chi connectivity index (χ2n) is 2.51. The van der Waals surface area contributed by atoms with Crippen molar-refractivity contribution in [2.75, 3.05) is 0 Å². The van der Waals surface area contributed by atoms with Crippen molar-refractivity contribution in [3.63, 3.8) is 0 Å². The standard InChI is InChI=1S/C8H14O2/c1-4-5-6(2)7(3)8(9)10/h4-7H,1-3H3,(H,9,10). The Labute approximate surface area is 61.6 Å². The highest BCUT2D eigenvalue weighted by molar-refractivity contribution is 5.70. The van der Waals surface area contributed by atoms with Crippen molar-refractivity contribution in [2.24, 2.45) is 11.8 Å². The second kappa shape index (κ2) is 4.09. The van der Waals surface area contributed by atoms with Crippen LogP contribution in [0.5, 0.6) is 0 Å². The fourth-order valence-electron chi connectivity index (χ4n) is 0.695. The summed E-state index contributed by atoms with van der Waals surface area (Å²) >= 11 is 0. The van der Waals surface area contributed by atoms with E-state index in [4.69, 9.17) is 5.11 Å². The third-order valence-corrected chi connectivity index (χ3v) is 1.67. The molecule has 2 heteroatoms. The van der Waals surface area contributed by atoms with E-state index < -0.39 is 5.97 Å². The lowest BCUT2D eigenvalue weighted by Crippen LogP contribution is -2.16. The molecule has 2 nitrogen and oxygen atoms in total. The van der Waals surface area contributed by atoms with E-state index in [0.717, 1.165) is 0 Å². The van der Waals surface area contributed by atoms with Gasteiger partial charge in [-0.2, -0.15) is 0 Å². The van der Waals surface area contributed by atoms with Gasteiger partial charge in [-0.25, -0.2) is 0 Å². The summed E-state index contributed by atoms with van der Waals surface area (Å²) in [7, 11) is 0. The molecule has 58 valence electrons. The quantitative estimate of drug-likeness (QED) is 0.611. The summed E-state index contributed by atoms with van der Waals surface area (Å²) in [6, 6.07) is 0. The number of carboxylic acids is 1. The molecule has 2 unspecified atom stereocenters. The number of allylic oxidation sites excluding steroid dienone is 2. The SMILES string of the molecule is CC=CC(C)C(C)C(=O)O. The first-order valence-corrected chi connectivity index (χ1v) is 3.45. The molecular weight excluding hydrogens is 128 g/mol. The molecule has 0 fully saturated rings. The highest BCUT2D eigenvalue weighted by Gasteiger charge is 2.15. The summed E-state index contributed by atoms with van der Waals surface area (Å²) in [5.74, 6) is -0.885. The molecule has 0 aliphatic heterocycles. The Morgan fingerprint density at radius 3 is 2.30 bits per heavy atom. The van der Waals surface area contributed by atoms with E-state index in [-0.39, 0.29) is 11.8 Å². The molecule has 0 amide bonds. The average Bonchev–Trinajstić information content (AvgIpc) is 1.87. The molecule has 0 aliphatic rings. The lowest BCUT2D eigenvalue weighted by Gasteiger charge is -2.09. The van der Waals surface area contributed by atoms with E-state index in [1.54, 1.807) is 6.92 Å². The first-order valence-electron chi connectivity index (χ1n) is 3.45. The highest BCUT2D eigenvalue weighted by atomic mass is 16.4. The van der Waals surface area contributed by atoms with Gasteiger partial charge in [-0.05, 0) is 12.8 Å². The third-order valence-electron chi connectivity index (χ3n) is 1.67. The normalized spacial score (nSPS) is 17.1. The molecule has 0 bridgehead atoms. The molecule has 1 N–H and O–H groups in total. The number of hydrogen-bond donors (Lipinski definition) is 1. The van der Waals surface area contributed by atoms with Gasteiger partial charge in [-0.1, -0.05) is 26.0 Å². The lowest BCUT2D eigenvalue weighted by molar-refractivity contribution is -0.142. The van der Waals surface area contributed by atoms with Crippen LogP contribution >= 0.6 is 0 Å². The molecule has 0 spiro atoms. The van der Waals surface area contributed by atoms with Gasteiger partial charge in [0.15, 0.2) is 0 Å². The topological polar surface area (TPSA) is 37.3 Å². The van der Waals surface area contributed by atoms with Crippen LogP contribution < -0.4 is 0 Å². The van der Waals surface area contributed by atoms with Crippen LogP contribution in [0.4, 0.5) is 0 Å².